The number of nitrogens with zero attached hydrogens (tertiary/aromatic N) is 2. The normalized spacial score (nSPS) is 11.0. The van der Waals surface area contributed by atoms with Crippen LogP contribution in [0.15, 0.2) is 35.0 Å². The number of nitrogens with one attached hydrogen (secondary N) is 1. The number of hydrogen-bond acceptors (Lipinski definition) is 3. The molecule has 0 bridgehead atoms. The summed E-state index contributed by atoms with van der Waals surface area (Å²) in [6.45, 7) is 4.14. The summed E-state index contributed by atoms with van der Waals surface area (Å²) in [6, 6.07) is 7.74. The van der Waals surface area contributed by atoms with Crippen molar-refractivity contribution < 1.29 is 9.32 Å². The highest BCUT2D eigenvalue weighted by molar-refractivity contribution is 6.05. The van der Waals surface area contributed by atoms with E-state index in [2.05, 4.69) is 10.5 Å². The first-order valence-electron chi connectivity index (χ1n) is 6.82. The molecule has 0 radical (unpaired) electrons. The molecule has 2 aromatic heterocycles. The maximum Gasteiger partial charge on any atom is 0.253 e. The van der Waals surface area contributed by atoms with E-state index in [0.29, 0.717) is 12.1 Å². The third kappa shape index (κ3) is 2.31. The average molecular weight is 283 g/mol. The summed E-state index contributed by atoms with van der Waals surface area (Å²) in [5, 5.41) is 7.89. The lowest BCUT2D eigenvalue weighted by Crippen LogP contribution is -2.23. The zero-order valence-corrected chi connectivity index (χ0v) is 12.3. The molecule has 5 heteroatoms. The Morgan fingerprint density at radius 2 is 2.14 bits per heavy atom. The Balaban J connectivity index is 1.86. The number of fused-ring (bicyclic) bond motifs is 1. The molecule has 0 aliphatic carbocycles. The summed E-state index contributed by atoms with van der Waals surface area (Å²) < 4.78 is 7.06. The third-order valence-corrected chi connectivity index (χ3v) is 3.75. The van der Waals surface area contributed by atoms with Crippen molar-refractivity contribution in [3.05, 3.63) is 53.0 Å². The van der Waals surface area contributed by atoms with Crippen molar-refractivity contribution in [3.63, 3.8) is 0 Å². The van der Waals surface area contributed by atoms with Crippen LogP contribution in [0.3, 0.4) is 0 Å². The summed E-state index contributed by atoms with van der Waals surface area (Å²) in [7, 11) is 1.94. The number of amides is 1. The molecule has 0 atom stereocenters. The standard InChI is InChI=1S/C16H17N3O2/c1-10-14(11(2)21-18-10)9-17-16(20)13-6-4-5-12-7-8-19(3)15(12)13/h4-8H,9H2,1-3H3,(H,17,20). The Hall–Kier alpha value is -2.56. The number of hydrogen-bond donors (Lipinski definition) is 1. The van der Waals surface area contributed by atoms with Gasteiger partial charge in [0, 0.05) is 30.7 Å². The Bertz CT molecular complexity index is 795. The molecule has 0 spiro atoms. The molecule has 0 fully saturated rings. The van der Waals surface area contributed by atoms with Crippen molar-refractivity contribution in [1.29, 1.82) is 0 Å². The molecule has 0 aliphatic rings. The molecule has 0 saturated carbocycles. The molecule has 3 aromatic rings. The van der Waals surface area contributed by atoms with Crippen LogP contribution in [0.5, 0.6) is 0 Å². The van der Waals surface area contributed by atoms with Gasteiger partial charge in [-0.1, -0.05) is 17.3 Å². The van der Waals surface area contributed by atoms with E-state index in [1.807, 2.05) is 55.9 Å². The summed E-state index contributed by atoms with van der Waals surface area (Å²) in [4.78, 5) is 12.5. The molecule has 2 heterocycles. The average Bonchev–Trinajstić information content (AvgIpc) is 3.01. The highest BCUT2D eigenvalue weighted by Crippen LogP contribution is 2.19. The number of carbonyl (C=O) groups is 1. The lowest BCUT2D eigenvalue weighted by Gasteiger charge is -2.08. The van der Waals surface area contributed by atoms with Gasteiger partial charge in [-0.2, -0.15) is 0 Å². The summed E-state index contributed by atoms with van der Waals surface area (Å²) in [5.41, 5.74) is 3.35. The van der Waals surface area contributed by atoms with Crippen molar-refractivity contribution in [1.82, 2.24) is 15.0 Å². The fourth-order valence-corrected chi connectivity index (χ4v) is 2.56. The van der Waals surface area contributed by atoms with Crippen LogP contribution < -0.4 is 5.32 Å². The highest BCUT2D eigenvalue weighted by Gasteiger charge is 2.14. The van der Waals surface area contributed by atoms with Crippen molar-refractivity contribution in [2.24, 2.45) is 7.05 Å². The number of carbonyl (C=O) groups excluding carboxylic acids is 1. The predicted octanol–water partition coefficient (Wildman–Crippen LogP) is 2.71. The first-order valence-corrected chi connectivity index (χ1v) is 6.82. The van der Waals surface area contributed by atoms with Crippen molar-refractivity contribution in [2.75, 3.05) is 0 Å². The molecule has 0 aliphatic heterocycles. The van der Waals surface area contributed by atoms with E-state index in [4.69, 9.17) is 4.52 Å². The number of aryl methyl sites for hydroxylation is 3. The Morgan fingerprint density at radius 1 is 1.33 bits per heavy atom. The Morgan fingerprint density at radius 3 is 2.86 bits per heavy atom. The zero-order valence-electron chi connectivity index (χ0n) is 12.3. The van der Waals surface area contributed by atoms with Gasteiger partial charge in [0.25, 0.3) is 5.91 Å². The first kappa shape index (κ1) is 13.4. The van der Waals surface area contributed by atoms with Gasteiger partial charge in [0.2, 0.25) is 0 Å². The van der Waals surface area contributed by atoms with Crippen LogP contribution in [-0.4, -0.2) is 15.6 Å². The lowest BCUT2D eigenvalue weighted by molar-refractivity contribution is 0.0952. The maximum absolute atomic E-state index is 12.5. The number of benzene rings is 1. The van der Waals surface area contributed by atoms with Crippen LogP contribution in [0, 0.1) is 13.8 Å². The number of aromatic nitrogens is 2. The lowest BCUT2D eigenvalue weighted by atomic mass is 10.1. The van der Waals surface area contributed by atoms with Gasteiger partial charge >= 0.3 is 0 Å². The van der Waals surface area contributed by atoms with E-state index in [9.17, 15) is 4.79 Å². The van der Waals surface area contributed by atoms with Gasteiger partial charge < -0.3 is 14.4 Å². The van der Waals surface area contributed by atoms with Gasteiger partial charge in [0.05, 0.1) is 16.8 Å². The van der Waals surface area contributed by atoms with Crippen LogP contribution in [0.1, 0.15) is 27.4 Å². The summed E-state index contributed by atoms with van der Waals surface area (Å²) >= 11 is 0. The van der Waals surface area contributed by atoms with E-state index in [1.165, 1.54) is 0 Å². The van der Waals surface area contributed by atoms with Crippen LogP contribution in [0.4, 0.5) is 0 Å². The minimum absolute atomic E-state index is 0.0950. The van der Waals surface area contributed by atoms with Gasteiger partial charge in [-0.05, 0) is 26.0 Å². The molecule has 0 unspecified atom stereocenters. The van der Waals surface area contributed by atoms with E-state index in [-0.39, 0.29) is 5.91 Å². The van der Waals surface area contributed by atoms with Gasteiger partial charge in [-0.15, -0.1) is 0 Å². The molecule has 1 aromatic carbocycles. The van der Waals surface area contributed by atoms with Gasteiger partial charge in [-0.25, -0.2) is 0 Å². The van der Waals surface area contributed by atoms with Crippen LogP contribution >= 0.6 is 0 Å². The molecule has 5 nitrogen and oxygen atoms in total. The third-order valence-electron chi connectivity index (χ3n) is 3.75. The van der Waals surface area contributed by atoms with Crippen molar-refractivity contribution in [3.8, 4) is 0 Å². The molecule has 108 valence electrons. The predicted molar refractivity (Wildman–Crippen MR) is 80.1 cm³/mol. The van der Waals surface area contributed by atoms with E-state index >= 15 is 0 Å². The topological polar surface area (TPSA) is 60.1 Å². The largest absolute Gasteiger partial charge is 0.361 e. The minimum atomic E-state index is -0.0950. The van der Waals surface area contributed by atoms with Gasteiger partial charge in [0.1, 0.15) is 5.76 Å². The van der Waals surface area contributed by atoms with E-state index in [0.717, 1.165) is 27.9 Å². The van der Waals surface area contributed by atoms with Crippen LogP contribution in [-0.2, 0) is 13.6 Å². The number of para-hydroxylation sites is 1. The molecule has 1 amide bonds. The molecule has 0 saturated heterocycles. The van der Waals surface area contributed by atoms with Gasteiger partial charge in [0.15, 0.2) is 0 Å². The molecule has 3 rings (SSSR count). The number of rotatable bonds is 3. The zero-order chi connectivity index (χ0) is 15.0. The van der Waals surface area contributed by atoms with Crippen molar-refractivity contribution >= 4 is 16.8 Å². The molecule has 1 N–H and O–H groups in total. The fraction of sp³-hybridized carbons (Fsp3) is 0.250. The second-order valence-corrected chi connectivity index (χ2v) is 5.16. The van der Waals surface area contributed by atoms with Gasteiger partial charge in [-0.3, -0.25) is 4.79 Å². The minimum Gasteiger partial charge on any atom is -0.361 e. The van der Waals surface area contributed by atoms with Crippen LogP contribution in [0.2, 0.25) is 0 Å². The maximum atomic E-state index is 12.5. The highest BCUT2D eigenvalue weighted by atomic mass is 16.5. The SMILES string of the molecule is Cc1noc(C)c1CNC(=O)c1cccc2ccn(C)c12. The quantitative estimate of drug-likeness (QED) is 0.804. The van der Waals surface area contributed by atoms with Crippen LogP contribution in [0.25, 0.3) is 10.9 Å². The molecular weight excluding hydrogens is 266 g/mol. The van der Waals surface area contributed by atoms with E-state index in [1.54, 1.807) is 0 Å². The summed E-state index contributed by atoms with van der Waals surface area (Å²) in [6.07, 6.45) is 1.95. The smallest absolute Gasteiger partial charge is 0.253 e. The Kier molecular flexibility index (Phi) is 3.25. The second-order valence-electron chi connectivity index (χ2n) is 5.16. The molecular formula is C16H17N3O2. The second kappa shape index (κ2) is 5.09. The first-order chi connectivity index (χ1) is 10.1. The Labute approximate surface area is 122 Å². The van der Waals surface area contributed by atoms with E-state index < -0.39 is 0 Å². The monoisotopic (exact) mass is 283 g/mol. The summed E-state index contributed by atoms with van der Waals surface area (Å²) in [5.74, 6) is 0.646. The van der Waals surface area contributed by atoms with Crippen molar-refractivity contribution in [2.45, 2.75) is 20.4 Å². The fourth-order valence-electron chi connectivity index (χ4n) is 2.56. The molecule has 21 heavy (non-hydrogen) atoms.